The van der Waals surface area contributed by atoms with Crippen LogP contribution in [0.15, 0.2) is 12.3 Å². The van der Waals surface area contributed by atoms with E-state index in [1.807, 2.05) is 0 Å². The molecule has 0 aliphatic rings. The molecule has 0 saturated heterocycles. The predicted molar refractivity (Wildman–Crippen MR) is 39.2 cm³/mol. The first kappa shape index (κ1) is 8.63. The van der Waals surface area contributed by atoms with Gasteiger partial charge in [-0.2, -0.15) is 0 Å². The van der Waals surface area contributed by atoms with Gasteiger partial charge in [0.25, 0.3) is 0 Å². The van der Waals surface area contributed by atoms with Gasteiger partial charge in [0.2, 0.25) is 0 Å². The zero-order chi connectivity index (χ0) is 6.78. The smallest absolute Gasteiger partial charge is 0.513 e. The molecule has 0 aromatic carbocycles. The minimum absolute atomic E-state index is 0.441. The summed E-state index contributed by atoms with van der Waals surface area (Å²) in [5, 5.41) is 0. The summed E-state index contributed by atoms with van der Waals surface area (Å²) in [6.45, 7) is 5.03. The van der Waals surface area contributed by atoms with Crippen LogP contribution in [0.1, 0.15) is 6.92 Å². The predicted octanol–water partition coefficient (Wildman–Crippen LogP) is 2.69. The van der Waals surface area contributed by atoms with Gasteiger partial charge in [-0.1, -0.05) is 39.8 Å². The van der Waals surface area contributed by atoms with Crippen molar-refractivity contribution in [3.8, 4) is 0 Å². The Morgan fingerprint density at radius 2 is 1.88 bits per heavy atom. The molecule has 0 heterocycles. The number of hydrogen-bond donors (Lipinski definition) is 0. The minimum atomic E-state index is -2.90. The molecular weight excluding hydrogens is 186 g/mol. The summed E-state index contributed by atoms with van der Waals surface area (Å²) < 4.78 is 4.68. The van der Waals surface area contributed by atoms with Crippen molar-refractivity contribution in [2.45, 2.75) is 6.92 Å². The fraction of sp³-hybridized carbons (Fsp3) is 0.333. The maximum Gasteiger partial charge on any atom is 0.555 e. The Morgan fingerprint density at radius 3 is 1.88 bits per heavy atom. The van der Waals surface area contributed by atoms with Crippen molar-refractivity contribution in [1.29, 1.82) is 0 Å². The van der Waals surface area contributed by atoms with Crippen LogP contribution in [0.5, 0.6) is 0 Å². The summed E-state index contributed by atoms with van der Waals surface area (Å²) in [4.78, 5) is 0. The van der Waals surface area contributed by atoms with E-state index in [2.05, 4.69) is 11.0 Å². The molecule has 1 nitrogen and oxygen atoms in total. The zero-order valence-electron chi connectivity index (χ0n) is 4.25. The van der Waals surface area contributed by atoms with E-state index in [1.165, 1.54) is 0 Å². The standard InChI is InChI=1S/C3H5Cl3OSi/c1-3(2)7-8(4,5)6/h1H2,2H3. The van der Waals surface area contributed by atoms with Gasteiger partial charge in [0.15, 0.2) is 0 Å². The molecule has 8 heavy (non-hydrogen) atoms. The second-order valence-electron chi connectivity index (χ2n) is 1.25. The first-order chi connectivity index (χ1) is 3.42. The van der Waals surface area contributed by atoms with Gasteiger partial charge in [-0.15, -0.1) is 0 Å². The average molecular weight is 192 g/mol. The lowest BCUT2D eigenvalue weighted by molar-refractivity contribution is 0.459. The maximum atomic E-state index is 5.31. The molecule has 5 heteroatoms. The summed E-state index contributed by atoms with van der Waals surface area (Å²) in [6.07, 6.45) is -2.90. The minimum Gasteiger partial charge on any atom is -0.513 e. The maximum absolute atomic E-state index is 5.31. The molecule has 0 spiro atoms. The number of rotatable bonds is 2. The Bertz CT molecular complexity index is 97.2. The van der Waals surface area contributed by atoms with E-state index in [0.717, 1.165) is 0 Å². The molecular formula is C3H5Cl3OSi. The summed E-state index contributed by atoms with van der Waals surface area (Å²) in [5.41, 5.74) is 0. The third kappa shape index (κ3) is 6.63. The summed E-state index contributed by atoms with van der Waals surface area (Å²) in [6, 6.07) is 0. The van der Waals surface area contributed by atoms with Crippen LogP contribution in [-0.4, -0.2) is 6.25 Å². The van der Waals surface area contributed by atoms with E-state index in [0.29, 0.717) is 5.76 Å². The molecule has 0 fully saturated rings. The third-order valence-electron chi connectivity index (χ3n) is 0.290. The van der Waals surface area contributed by atoms with Crippen molar-refractivity contribution < 1.29 is 4.43 Å². The zero-order valence-corrected chi connectivity index (χ0v) is 7.52. The van der Waals surface area contributed by atoms with E-state index in [-0.39, 0.29) is 0 Å². The number of hydrogen-bond acceptors (Lipinski definition) is 1. The van der Waals surface area contributed by atoms with Gasteiger partial charge in [-0.05, 0) is 6.92 Å². The highest BCUT2D eigenvalue weighted by molar-refractivity contribution is 7.62. The van der Waals surface area contributed by atoms with Crippen LogP contribution in [0.25, 0.3) is 0 Å². The Kier molecular flexibility index (Phi) is 3.20. The van der Waals surface area contributed by atoms with Crippen LogP contribution in [0, 0.1) is 0 Å². The van der Waals surface area contributed by atoms with Crippen LogP contribution in [0.2, 0.25) is 0 Å². The van der Waals surface area contributed by atoms with Gasteiger partial charge < -0.3 is 4.43 Å². The Morgan fingerprint density at radius 1 is 1.50 bits per heavy atom. The molecule has 0 saturated carbocycles. The van der Waals surface area contributed by atoms with Crippen LogP contribution >= 0.6 is 33.2 Å². The molecule has 48 valence electrons. The van der Waals surface area contributed by atoms with Crippen molar-refractivity contribution in [1.82, 2.24) is 0 Å². The molecule has 0 aliphatic heterocycles. The lowest BCUT2D eigenvalue weighted by Crippen LogP contribution is -2.13. The monoisotopic (exact) mass is 190 g/mol. The second kappa shape index (κ2) is 2.97. The van der Waals surface area contributed by atoms with Crippen molar-refractivity contribution >= 4 is 39.5 Å². The Hall–Kier alpha value is 0.627. The fourth-order valence-corrected chi connectivity index (χ4v) is 1.78. The van der Waals surface area contributed by atoms with Crippen molar-refractivity contribution in [3.63, 3.8) is 0 Å². The van der Waals surface area contributed by atoms with Gasteiger partial charge in [0.05, 0.1) is 5.76 Å². The largest absolute Gasteiger partial charge is 0.555 e. The number of allylic oxidation sites excluding steroid dienone is 1. The lowest BCUT2D eigenvalue weighted by atomic mass is 10.7. The van der Waals surface area contributed by atoms with Crippen LogP contribution in [0.3, 0.4) is 0 Å². The average Bonchev–Trinajstić information content (AvgIpc) is 1.21. The molecule has 0 aromatic rings. The molecule has 0 bridgehead atoms. The van der Waals surface area contributed by atoms with Gasteiger partial charge in [-0.3, -0.25) is 0 Å². The van der Waals surface area contributed by atoms with E-state index >= 15 is 0 Å². The summed E-state index contributed by atoms with van der Waals surface area (Å²) >= 11 is 15.9. The number of halogens is 3. The summed E-state index contributed by atoms with van der Waals surface area (Å²) in [5.74, 6) is 0.441. The van der Waals surface area contributed by atoms with E-state index in [9.17, 15) is 0 Å². The van der Waals surface area contributed by atoms with E-state index < -0.39 is 6.25 Å². The van der Waals surface area contributed by atoms with E-state index in [4.69, 9.17) is 33.2 Å². The Balaban J connectivity index is 3.55. The molecule has 0 rings (SSSR count). The first-order valence-corrected chi connectivity index (χ1v) is 6.77. The van der Waals surface area contributed by atoms with Gasteiger partial charge in [0, 0.05) is 0 Å². The Labute approximate surface area is 63.4 Å². The van der Waals surface area contributed by atoms with Gasteiger partial charge >= 0.3 is 6.25 Å². The van der Waals surface area contributed by atoms with Crippen molar-refractivity contribution in [2.24, 2.45) is 0 Å². The fourth-order valence-electron chi connectivity index (χ4n) is 0.198. The first-order valence-electron chi connectivity index (χ1n) is 1.83. The summed E-state index contributed by atoms with van der Waals surface area (Å²) in [7, 11) is 0. The normalized spacial score (nSPS) is 11.0. The molecule has 0 atom stereocenters. The van der Waals surface area contributed by atoms with Crippen LogP contribution in [-0.2, 0) is 4.43 Å². The molecule has 0 unspecified atom stereocenters. The van der Waals surface area contributed by atoms with Crippen LogP contribution < -0.4 is 0 Å². The molecule has 0 amide bonds. The van der Waals surface area contributed by atoms with Crippen LogP contribution in [0.4, 0.5) is 0 Å². The quantitative estimate of drug-likeness (QED) is 0.370. The second-order valence-corrected chi connectivity index (χ2v) is 8.88. The van der Waals surface area contributed by atoms with Crippen molar-refractivity contribution in [2.75, 3.05) is 0 Å². The molecule has 0 aliphatic carbocycles. The highest BCUT2D eigenvalue weighted by Gasteiger charge is 2.29. The SMILES string of the molecule is C=C(C)O[Si](Cl)(Cl)Cl. The highest BCUT2D eigenvalue weighted by atomic mass is 35.8. The van der Waals surface area contributed by atoms with Crippen molar-refractivity contribution in [3.05, 3.63) is 12.3 Å². The van der Waals surface area contributed by atoms with Gasteiger partial charge in [0.1, 0.15) is 0 Å². The highest BCUT2D eigenvalue weighted by Crippen LogP contribution is 2.23. The topological polar surface area (TPSA) is 9.23 Å². The lowest BCUT2D eigenvalue weighted by Gasteiger charge is -2.08. The molecule has 0 radical (unpaired) electrons. The third-order valence-corrected chi connectivity index (χ3v) is 1.56. The van der Waals surface area contributed by atoms with E-state index in [1.54, 1.807) is 6.92 Å². The van der Waals surface area contributed by atoms with Gasteiger partial charge in [-0.25, -0.2) is 0 Å². The molecule has 0 N–H and O–H groups in total. The molecule has 0 aromatic heterocycles.